The molecular formula is C17H34N2. The van der Waals surface area contributed by atoms with E-state index in [1.807, 2.05) is 0 Å². The van der Waals surface area contributed by atoms with Crippen molar-refractivity contribution in [2.24, 2.45) is 0 Å². The Hall–Kier alpha value is -0.0800. The molecule has 112 valence electrons. The Balaban J connectivity index is 1.58. The minimum absolute atomic E-state index is 0.835. The molecule has 0 aromatic carbocycles. The van der Waals surface area contributed by atoms with Crippen molar-refractivity contribution in [1.82, 2.24) is 10.2 Å². The summed E-state index contributed by atoms with van der Waals surface area (Å²) in [6, 6.07) is 1.73. The van der Waals surface area contributed by atoms with Crippen LogP contribution in [-0.2, 0) is 0 Å². The number of likely N-dealkylation sites (tertiary alicyclic amines) is 1. The van der Waals surface area contributed by atoms with Crippen LogP contribution in [0.3, 0.4) is 0 Å². The molecule has 2 nitrogen and oxygen atoms in total. The van der Waals surface area contributed by atoms with Gasteiger partial charge in [-0.2, -0.15) is 0 Å². The van der Waals surface area contributed by atoms with Gasteiger partial charge in [0.1, 0.15) is 0 Å². The zero-order valence-electron chi connectivity index (χ0n) is 13.0. The summed E-state index contributed by atoms with van der Waals surface area (Å²) in [5.41, 5.74) is 0. The molecule has 1 unspecified atom stereocenters. The van der Waals surface area contributed by atoms with E-state index in [2.05, 4.69) is 17.1 Å². The molecule has 0 radical (unpaired) electrons. The average molecular weight is 266 g/mol. The van der Waals surface area contributed by atoms with Gasteiger partial charge in [0.05, 0.1) is 0 Å². The normalized spacial score (nSPS) is 26.7. The number of hydrogen-bond acceptors (Lipinski definition) is 2. The van der Waals surface area contributed by atoms with Crippen molar-refractivity contribution >= 4 is 0 Å². The van der Waals surface area contributed by atoms with E-state index in [1.54, 1.807) is 0 Å². The number of rotatable bonds is 7. The van der Waals surface area contributed by atoms with Gasteiger partial charge in [-0.15, -0.1) is 0 Å². The summed E-state index contributed by atoms with van der Waals surface area (Å²) in [5, 5.41) is 3.78. The summed E-state index contributed by atoms with van der Waals surface area (Å²) in [7, 11) is 0. The van der Waals surface area contributed by atoms with Gasteiger partial charge in [-0.1, -0.05) is 39.0 Å². The van der Waals surface area contributed by atoms with Crippen LogP contribution >= 0.6 is 0 Å². The van der Waals surface area contributed by atoms with Crippen molar-refractivity contribution in [1.29, 1.82) is 0 Å². The Morgan fingerprint density at radius 1 is 1.00 bits per heavy atom. The first-order valence-electron chi connectivity index (χ1n) is 8.87. The van der Waals surface area contributed by atoms with Gasteiger partial charge >= 0.3 is 0 Å². The van der Waals surface area contributed by atoms with Gasteiger partial charge in [0.25, 0.3) is 0 Å². The van der Waals surface area contributed by atoms with Gasteiger partial charge in [0.15, 0.2) is 0 Å². The second kappa shape index (κ2) is 8.97. The highest BCUT2D eigenvalue weighted by Gasteiger charge is 2.20. The fraction of sp³-hybridized carbons (Fsp3) is 1.00. The fourth-order valence-corrected chi connectivity index (χ4v) is 3.91. The molecule has 2 fully saturated rings. The minimum Gasteiger partial charge on any atom is -0.314 e. The summed E-state index contributed by atoms with van der Waals surface area (Å²) in [6.45, 7) is 6.25. The number of piperidine rings is 1. The molecular weight excluding hydrogens is 232 g/mol. The lowest BCUT2D eigenvalue weighted by Gasteiger charge is -2.36. The summed E-state index contributed by atoms with van der Waals surface area (Å²) >= 11 is 0. The second-order valence-corrected chi connectivity index (χ2v) is 6.62. The smallest absolute Gasteiger partial charge is 0.00951 e. The molecule has 1 N–H and O–H groups in total. The summed E-state index contributed by atoms with van der Waals surface area (Å²) in [5.74, 6) is 0. The van der Waals surface area contributed by atoms with Crippen molar-refractivity contribution in [2.45, 2.75) is 89.6 Å². The second-order valence-electron chi connectivity index (χ2n) is 6.62. The highest BCUT2D eigenvalue weighted by molar-refractivity contribution is 4.77. The third-order valence-corrected chi connectivity index (χ3v) is 5.03. The standard InChI is InChI=1S/C17H34N2/c1-2-9-17-12-6-7-14-19(17)15-8-13-18-16-10-4-3-5-11-16/h16-18H,2-15H2,1H3. The number of nitrogens with zero attached hydrogens (tertiary/aromatic N) is 1. The lowest BCUT2D eigenvalue weighted by atomic mass is 9.95. The van der Waals surface area contributed by atoms with Gasteiger partial charge in [-0.25, -0.2) is 0 Å². The van der Waals surface area contributed by atoms with E-state index >= 15 is 0 Å². The van der Waals surface area contributed by atoms with E-state index in [0.29, 0.717) is 0 Å². The summed E-state index contributed by atoms with van der Waals surface area (Å²) in [6.07, 6.45) is 15.6. The van der Waals surface area contributed by atoms with Crippen LogP contribution in [0.15, 0.2) is 0 Å². The topological polar surface area (TPSA) is 15.3 Å². The molecule has 1 saturated carbocycles. The van der Waals surface area contributed by atoms with Gasteiger partial charge in [-0.3, -0.25) is 0 Å². The maximum atomic E-state index is 3.78. The Kier molecular flexibility index (Phi) is 7.23. The largest absolute Gasteiger partial charge is 0.314 e. The number of hydrogen-bond donors (Lipinski definition) is 1. The van der Waals surface area contributed by atoms with Crippen molar-refractivity contribution in [2.75, 3.05) is 19.6 Å². The highest BCUT2D eigenvalue weighted by atomic mass is 15.2. The van der Waals surface area contributed by atoms with E-state index in [0.717, 1.165) is 12.1 Å². The fourth-order valence-electron chi connectivity index (χ4n) is 3.91. The van der Waals surface area contributed by atoms with Gasteiger partial charge in [0.2, 0.25) is 0 Å². The molecule has 1 aliphatic carbocycles. The summed E-state index contributed by atoms with van der Waals surface area (Å²) < 4.78 is 0. The quantitative estimate of drug-likeness (QED) is 0.702. The Bertz CT molecular complexity index is 221. The van der Waals surface area contributed by atoms with Gasteiger partial charge < -0.3 is 10.2 Å². The molecule has 2 heteroatoms. The lowest BCUT2D eigenvalue weighted by molar-refractivity contribution is 0.137. The molecule has 1 heterocycles. The first-order chi connectivity index (χ1) is 9.40. The highest BCUT2D eigenvalue weighted by Crippen LogP contribution is 2.21. The van der Waals surface area contributed by atoms with Crippen molar-refractivity contribution < 1.29 is 0 Å². The third kappa shape index (κ3) is 5.43. The van der Waals surface area contributed by atoms with Crippen LogP contribution < -0.4 is 5.32 Å². The van der Waals surface area contributed by atoms with Crippen LogP contribution in [0.1, 0.15) is 77.6 Å². The molecule has 0 amide bonds. The van der Waals surface area contributed by atoms with E-state index in [-0.39, 0.29) is 0 Å². The zero-order chi connectivity index (χ0) is 13.3. The minimum atomic E-state index is 0.835. The van der Waals surface area contributed by atoms with E-state index in [4.69, 9.17) is 0 Å². The summed E-state index contributed by atoms with van der Waals surface area (Å²) in [4.78, 5) is 2.77. The van der Waals surface area contributed by atoms with Crippen LogP contribution in [0.2, 0.25) is 0 Å². The van der Waals surface area contributed by atoms with Crippen molar-refractivity contribution in [3.8, 4) is 0 Å². The van der Waals surface area contributed by atoms with E-state index in [9.17, 15) is 0 Å². The maximum Gasteiger partial charge on any atom is 0.00951 e. The molecule has 19 heavy (non-hydrogen) atoms. The molecule has 0 aromatic rings. The SMILES string of the molecule is CCCC1CCCCN1CCCNC1CCCCC1. The molecule has 1 aliphatic heterocycles. The molecule has 1 atom stereocenters. The first kappa shape index (κ1) is 15.3. The van der Waals surface area contributed by atoms with Gasteiger partial charge in [0, 0.05) is 12.1 Å². The monoisotopic (exact) mass is 266 g/mol. The average Bonchev–Trinajstić information content (AvgIpc) is 2.47. The predicted molar refractivity (Wildman–Crippen MR) is 83.6 cm³/mol. The number of nitrogens with one attached hydrogen (secondary N) is 1. The Morgan fingerprint density at radius 3 is 2.58 bits per heavy atom. The lowest BCUT2D eigenvalue weighted by Crippen LogP contribution is -2.41. The Labute approximate surface area is 120 Å². The third-order valence-electron chi connectivity index (χ3n) is 5.03. The Morgan fingerprint density at radius 2 is 1.79 bits per heavy atom. The van der Waals surface area contributed by atoms with Crippen LogP contribution in [0.25, 0.3) is 0 Å². The van der Waals surface area contributed by atoms with Crippen LogP contribution in [0.5, 0.6) is 0 Å². The van der Waals surface area contributed by atoms with E-state index in [1.165, 1.54) is 90.3 Å². The van der Waals surface area contributed by atoms with Crippen molar-refractivity contribution in [3.05, 3.63) is 0 Å². The zero-order valence-corrected chi connectivity index (χ0v) is 13.0. The molecule has 2 aliphatic rings. The molecule has 0 aromatic heterocycles. The predicted octanol–water partition coefficient (Wildman–Crippen LogP) is 3.95. The molecule has 1 saturated heterocycles. The maximum absolute atomic E-state index is 3.78. The van der Waals surface area contributed by atoms with Crippen LogP contribution in [-0.4, -0.2) is 36.6 Å². The first-order valence-corrected chi connectivity index (χ1v) is 8.87. The van der Waals surface area contributed by atoms with Crippen LogP contribution in [0, 0.1) is 0 Å². The van der Waals surface area contributed by atoms with Gasteiger partial charge in [-0.05, 0) is 58.2 Å². The van der Waals surface area contributed by atoms with E-state index < -0.39 is 0 Å². The van der Waals surface area contributed by atoms with Crippen molar-refractivity contribution in [3.63, 3.8) is 0 Å². The van der Waals surface area contributed by atoms with Crippen LogP contribution in [0.4, 0.5) is 0 Å². The molecule has 2 rings (SSSR count). The molecule has 0 spiro atoms. The molecule has 0 bridgehead atoms.